The topological polar surface area (TPSA) is 224 Å². The number of rotatable bonds is 61. The summed E-state index contributed by atoms with van der Waals surface area (Å²) < 4.78 is 52.6. The van der Waals surface area contributed by atoms with Crippen molar-refractivity contribution in [1.29, 1.82) is 0 Å². The molecule has 0 fully saturated rings. The van der Waals surface area contributed by atoms with E-state index in [0.29, 0.717) is 90.3 Å². The van der Waals surface area contributed by atoms with Crippen LogP contribution >= 0.6 is 0 Å². The van der Waals surface area contributed by atoms with Crippen molar-refractivity contribution in [2.75, 3.05) is 19.8 Å². The molecule has 0 atom stereocenters. The zero-order valence-corrected chi connectivity index (χ0v) is 74.9. The average molecular weight is 1710 g/mol. The molecule has 0 saturated carbocycles. The smallest absolute Gasteiger partial charge is 0.423 e. The van der Waals surface area contributed by atoms with Gasteiger partial charge < -0.3 is 42.6 Å². The molecule has 0 spiro atoms. The molecule has 0 amide bonds. The Morgan fingerprint density at radius 2 is 0.508 bits per heavy atom. The molecule has 0 aliphatic rings. The first kappa shape index (κ1) is 98.0. The maximum absolute atomic E-state index is 13.6. The number of ether oxygens (including phenoxy) is 9. The van der Waals surface area contributed by atoms with Crippen LogP contribution in [0.3, 0.4) is 0 Å². The van der Waals surface area contributed by atoms with Crippen LogP contribution in [-0.4, -0.2) is 76.6 Å². The van der Waals surface area contributed by atoms with Crippen molar-refractivity contribution in [3.05, 3.63) is 254 Å². The van der Waals surface area contributed by atoms with E-state index in [4.69, 9.17) is 42.6 Å². The monoisotopic (exact) mass is 1710 g/mol. The van der Waals surface area contributed by atoms with Crippen LogP contribution < -0.4 is 28.4 Å². The SMILES string of the molecule is C=C(C(=O)Oc1ccc(-c2ccc(CCCCC)cn2)cc1)c1ccc(OCCCCCCCCCC(=O)OC(CC)(OC(=O)CCCCCCCCCOc2ccc(C(=C)C(=O)Oc3ccc(-c4ccc(CCCCC)cn4)cc3)cc2)OC(=O)CCCCCCCCCOc2ccc(C(=C)C(=O)Oc3ccc(-c4ccc(CCCCC)cn4)cc3)cc2)cc1. The summed E-state index contributed by atoms with van der Waals surface area (Å²) >= 11 is 0. The molecule has 0 aliphatic carbocycles. The van der Waals surface area contributed by atoms with Crippen molar-refractivity contribution in [2.45, 2.75) is 271 Å². The molecule has 0 radical (unpaired) electrons. The zero-order valence-electron chi connectivity index (χ0n) is 74.9. The first-order chi connectivity index (χ1) is 61.5. The normalized spacial score (nSPS) is 11.1. The van der Waals surface area contributed by atoms with Gasteiger partial charge in [-0.3, -0.25) is 29.3 Å². The molecular weight excluding hydrogens is 1580 g/mol. The lowest BCUT2D eigenvalue weighted by Crippen LogP contribution is -2.44. The van der Waals surface area contributed by atoms with E-state index in [2.05, 4.69) is 73.7 Å². The Kier molecular flexibility index (Phi) is 43.2. The predicted octanol–water partition coefficient (Wildman–Crippen LogP) is 26.5. The number of pyridine rings is 3. The lowest BCUT2D eigenvalue weighted by Gasteiger charge is -2.30. The molecule has 3 heterocycles. The number of esters is 6. The van der Waals surface area contributed by atoms with Crippen molar-refractivity contribution in [2.24, 2.45) is 0 Å². The van der Waals surface area contributed by atoms with Crippen LogP contribution in [0.4, 0.5) is 0 Å². The van der Waals surface area contributed by atoms with E-state index >= 15 is 0 Å². The Balaban J connectivity index is 0.635. The number of carbonyl (C=O) groups excluding carboxylic acids is 6. The zero-order chi connectivity index (χ0) is 89.2. The highest BCUT2D eigenvalue weighted by molar-refractivity contribution is 6.17. The molecule has 9 rings (SSSR count). The number of nitrogens with zero attached hydrogens (tertiary/aromatic N) is 3. The number of benzene rings is 6. The van der Waals surface area contributed by atoms with Gasteiger partial charge in [0.2, 0.25) is 0 Å². The highest BCUT2D eigenvalue weighted by atomic mass is 16.9. The molecule has 668 valence electrons. The van der Waals surface area contributed by atoms with Gasteiger partial charge in [-0.2, -0.15) is 0 Å². The number of carbonyl (C=O) groups is 6. The van der Waals surface area contributed by atoms with Crippen molar-refractivity contribution in [1.82, 2.24) is 15.0 Å². The third-order valence-electron chi connectivity index (χ3n) is 22.2. The number of aromatic nitrogens is 3. The second-order valence-corrected chi connectivity index (χ2v) is 32.5. The standard InChI is InChI=1S/C108H131N3O15/c1-8-12-30-39-84-45-72-99(109-78-84)90-54-66-96(67-55-90)121-105(115)81(5)87-48-60-93(61-49-87)118-75-36-27-21-15-18-24-33-42-102(112)124-108(11-4,125-103(113)43-34-25-19-16-22-28-37-76-119-94-62-50-88(51-63-94)82(6)106(116)122-97-68-56-91(57-69-97)100-73-46-85(79-110-100)40-31-13-9-2)126-104(114)44-35-26-20-17-23-29-38-77-120-95-64-52-89(53-65-95)83(7)107(117)123-98-70-58-92(59-71-98)101-74-47-86(80-111-101)41-32-14-10-3/h45-74,78-80H,5-44,75-77H2,1-4H3. The van der Waals surface area contributed by atoms with Gasteiger partial charge in [-0.05, 0) is 238 Å². The van der Waals surface area contributed by atoms with E-state index in [1.54, 1.807) is 79.7 Å². The second-order valence-electron chi connectivity index (χ2n) is 32.5. The summed E-state index contributed by atoms with van der Waals surface area (Å²) in [6.45, 7) is 21.9. The molecule has 9 aromatic rings. The van der Waals surface area contributed by atoms with E-state index in [1.165, 1.54) is 55.2 Å². The molecule has 0 N–H and O–H groups in total. The van der Waals surface area contributed by atoms with Gasteiger partial charge in [0, 0.05) is 54.5 Å². The van der Waals surface area contributed by atoms with E-state index in [9.17, 15) is 28.8 Å². The lowest BCUT2D eigenvalue weighted by molar-refractivity contribution is -0.331. The van der Waals surface area contributed by atoms with Gasteiger partial charge in [0.15, 0.2) is 0 Å². The molecular formula is C108H131N3O15. The first-order valence-electron chi connectivity index (χ1n) is 46.2. The van der Waals surface area contributed by atoms with Gasteiger partial charge in [0.1, 0.15) is 34.5 Å². The van der Waals surface area contributed by atoms with Crippen molar-refractivity contribution >= 4 is 52.5 Å². The van der Waals surface area contributed by atoms with Crippen LogP contribution in [0, 0.1) is 0 Å². The molecule has 18 heteroatoms. The molecule has 0 saturated heterocycles. The van der Waals surface area contributed by atoms with Crippen LogP contribution in [0.25, 0.3) is 50.5 Å². The number of hydrogen-bond donors (Lipinski definition) is 0. The number of unbranched alkanes of at least 4 members (excludes halogenated alkanes) is 24. The Morgan fingerprint density at radius 3 is 0.738 bits per heavy atom. The molecule has 126 heavy (non-hydrogen) atoms. The number of aryl methyl sites for hydroxylation is 3. The molecule has 0 aliphatic heterocycles. The van der Waals surface area contributed by atoms with Gasteiger partial charge in [-0.1, -0.05) is 237 Å². The fourth-order valence-corrected chi connectivity index (χ4v) is 14.5. The minimum atomic E-state index is -2.17. The minimum absolute atomic E-state index is 0.0692. The summed E-state index contributed by atoms with van der Waals surface area (Å²) in [7, 11) is 0. The first-order valence-corrected chi connectivity index (χ1v) is 46.2. The third-order valence-corrected chi connectivity index (χ3v) is 22.2. The molecule has 6 aromatic carbocycles. The Labute approximate surface area is 747 Å². The number of hydrogen-bond acceptors (Lipinski definition) is 18. The summed E-state index contributed by atoms with van der Waals surface area (Å²) in [5, 5.41) is 0. The summed E-state index contributed by atoms with van der Waals surface area (Å²) in [6.07, 6.45) is 37.8. The van der Waals surface area contributed by atoms with Crippen molar-refractivity contribution in [3.8, 4) is 68.3 Å². The van der Waals surface area contributed by atoms with Crippen LogP contribution in [0.5, 0.6) is 34.5 Å². The Morgan fingerprint density at radius 1 is 0.270 bits per heavy atom. The fourth-order valence-electron chi connectivity index (χ4n) is 14.5. The quantitative estimate of drug-likeness (QED) is 0.0114. The summed E-state index contributed by atoms with van der Waals surface area (Å²) in [4.78, 5) is 93.8. The van der Waals surface area contributed by atoms with Gasteiger partial charge in [-0.25, -0.2) is 14.4 Å². The highest BCUT2D eigenvalue weighted by Gasteiger charge is 2.42. The Bertz CT molecular complexity index is 4300. The van der Waals surface area contributed by atoms with E-state index in [1.807, 2.05) is 110 Å². The maximum atomic E-state index is 13.6. The van der Waals surface area contributed by atoms with Gasteiger partial charge >= 0.3 is 41.8 Å². The van der Waals surface area contributed by atoms with E-state index in [-0.39, 0.29) is 42.4 Å². The molecule has 18 nitrogen and oxygen atoms in total. The second kappa shape index (κ2) is 55.5. The third kappa shape index (κ3) is 35.3. The summed E-state index contributed by atoms with van der Waals surface area (Å²) in [5.41, 5.74) is 11.7. The maximum Gasteiger partial charge on any atom is 0.423 e. The average Bonchev–Trinajstić information content (AvgIpc) is 0.840. The summed E-state index contributed by atoms with van der Waals surface area (Å²) in [5.74, 6) is -2.26. The lowest BCUT2D eigenvalue weighted by atomic mass is 10.1. The fraction of sp³-hybridized carbons (Fsp3) is 0.417. The molecule has 0 bridgehead atoms. The molecule has 3 aromatic heterocycles. The van der Waals surface area contributed by atoms with Crippen LogP contribution in [-0.2, 0) is 62.2 Å². The van der Waals surface area contributed by atoms with E-state index in [0.717, 1.165) is 188 Å². The van der Waals surface area contributed by atoms with Crippen LogP contribution in [0.15, 0.2) is 220 Å². The van der Waals surface area contributed by atoms with Crippen molar-refractivity contribution in [3.63, 3.8) is 0 Å². The molecule has 0 unspecified atom stereocenters. The summed E-state index contributed by atoms with van der Waals surface area (Å²) in [6, 6.07) is 56.2. The van der Waals surface area contributed by atoms with Gasteiger partial charge in [0.05, 0.1) is 60.0 Å². The largest absolute Gasteiger partial charge is 0.494 e. The minimum Gasteiger partial charge on any atom is -0.494 e. The predicted molar refractivity (Wildman–Crippen MR) is 501 cm³/mol. The highest BCUT2D eigenvalue weighted by Crippen LogP contribution is 2.32. The van der Waals surface area contributed by atoms with E-state index < -0.39 is 41.8 Å². The Hall–Kier alpha value is -11.8. The van der Waals surface area contributed by atoms with Crippen molar-refractivity contribution < 1.29 is 71.4 Å². The van der Waals surface area contributed by atoms with Gasteiger partial charge in [-0.15, -0.1) is 0 Å². The van der Waals surface area contributed by atoms with Gasteiger partial charge in [0.25, 0.3) is 0 Å². The van der Waals surface area contributed by atoms with Crippen LogP contribution in [0.2, 0.25) is 0 Å². The van der Waals surface area contributed by atoms with Crippen LogP contribution in [0.1, 0.15) is 279 Å².